The van der Waals surface area contributed by atoms with Gasteiger partial charge in [0.05, 0.1) is 11.6 Å². The Morgan fingerprint density at radius 3 is 2.87 bits per heavy atom. The Balaban J connectivity index is 2.78. The van der Waals surface area contributed by atoms with Crippen molar-refractivity contribution in [2.45, 2.75) is 0 Å². The molecule has 0 saturated carbocycles. The molecule has 1 rings (SSSR count). The van der Waals surface area contributed by atoms with Gasteiger partial charge in [0.25, 0.3) is 0 Å². The van der Waals surface area contributed by atoms with Crippen LogP contribution in [0, 0.1) is 0 Å². The Morgan fingerprint density at radius 1 is 1.53 bits per heavy atom. The van der Waals surface area contributed by atoms with Gasteiger partial charge in [0.15, 0.2) is 11.5 Å². The smallest absolute Gasteiger partial charge is 0.175 e. The highest BCUT2D eigenvalue weighted by atomic mass is 79.9. The molecular formula is C11H13BrO2S. The molecule has 0 aromatic heterocycles. The van der Waals surface area contributed by atoms with Gasteiger partial charge in [-0.3, -0.25) is 0 Å². The molecule has 0 N–H and O–H groups in total. The van der Waals surface area contributed by atoms with Crippen molar-refractivity contribution in [1.82, 2.24) is 0 Å². The summed E-state index contributed by atoms with van der Waals surface area (Å²) in [6.45, 7) is 4.26. The molecular weight excluding hydrogens is 276 g/mol. The third kappa shape index (κ3) is 3.47. The van der Waals surface area contributed by atoms with Gasteiger partial charge in [-0.25, -0.2) is 0 Å². The molecule has 0 fully saturated rings. The second-order valence-corrected chi connectivity index (χ2v) is 4.14. The lowest BCUT2D eigenvalue weighted by Gasteiger charge is -2.12. The zero-order valence-electron chi connectivity index (χ0n) is 8.50. The summed E-state index contributed by atoms with van der Waals surface area (Å²) < 4.78 is 11.6. The van der Waals surface area contributed by atoms with Gasteiger partial charge in [-0.2, -0.15) is 12.6 Å². The number of hydrogen-bond donors (Lipinski definition) is 1. The van der Waals surface area contributed by atoms with E-state index in [-0.39, 0.29) is 0 Å². The summed E-state index contributed by atoms with van der Waals surface area (Å²) in [6.07, 6.45) is 0. The fraction of sp³-hybridized carbons (Fsp3) is 0.273. The van der Waals surface area contributed by atoms with Crippen LogP contribution >= 0.6 is 28.6 Å². The Labute approximate surface area is 104 Å². The molecule has 15 heavy (non-hydrogen) atoms. The predicted molar refractivity (Wildman–Crippen MR) is 69.2 cm³/mol. The molecule has 1 aromatic carbocycles. The number of ether oxygens (including phenoxy) is 2. The molecule has 0 aliphatic heterocycles. The SMILES string of the molecule is C=C(CS)COc1c(Br)cccc1OC. The molecule has 0 aliphatic rings. The number of rotatable bonds is 5. The van der Waals surface area contributed by atoms with Gasteiger partial charge in [0.2, 0.25) is 0 Å². The summed E-state index contributed by atoms with van der Waals surface area (Å²) in [7, 11) is 1.61. The van der Waals surface area contributed by atoms with Crippen LogP contribution in [-0.2, 0) is 0 Å². The van der Waals surface area contributed by atoms with E-state index in [1.165, 1.54) is 0 Å². The first kappa shape index (κ1) is 12.5. The maximum atomic E-state index is 5.59. The summed E-state index contributed by atoms with van der Waals surface area (Å²) in [5, 5.41) is 0. The van der Waals surface area contributed by atoms with Crippen molar-refractivity contribution in [3.05, 3.63) is 34.8 Å². The molecule has 2 nitrogen and oxygen atoms in total. The van der Waals surface area contributed by atoms with Crippen molar-refractivity contribution in [2.75, 3.05) is 19.5 Å². The topological polar surface area (TPSA) is 18.5 Å². The maximum Gasteiger partial charge on any atom is 0.175 e. The Kier molecular flexibility index (Phi) is 5.05. The monoisotopic (exact) mass is 288 g/mol. The van der Waals surface area contributed by atoms with Crippen molar-refractivity contribution in [2.24, 2.45) is 0 Å². The lowest BCUT2D eigenvalue weighted by molar-refractivity contribution is 0.318. The summed E-state index contributed by atoms with van der Waals surface area (Å²) in [6, 6.07) is 5.65. The van der Waals surface area contributed by atoms with Crippen molar-refractivity contribution >= 4 is 28.6 Å². The largest absolute Gasteiger partial charge is 0.493 e. The predicted octanol–water partition coefficient (Wildman–Crippen LogP) is 3.32. The molecule has 0 atom stereocenters. The highest BCUT2D eigenvalue weighted by Crippen LogP contribution is 2.34. The first-order chi connectivity index (χ1) is 7.19. The van der Waals surface area contributed by atoms with Crippen LogP contribution in [0.4, 0.5) is 0 Å². The maximum absolute atomic E-state index is 5.59. The molecule has 0 unspecified atom stereocenters. The van der Waals surface area contributed by atoms with E-state index in [9.17, 15) is 0 Å². The van der Waals surface area contributed by atoms with Gasteiger partial charge in [-0.15, -0.1) is 0 Å². The van der Waals surface area contributed by atoms with Crippen molar-refractivity contribution in [3.63, 3.8) is 0 Å². The second-order valence-electron chi connectivity index (χ2n) is 2.97. The van der Waals surface area contributed by atoms with Crippen molar-refractivity contribution < 1.29 is 9.47 Å². The lowest BCUT2D eigenvalue weighted by atomic mass is 10.3. The minimum atomic E-state index is 0.447. The van der Waals surface area contributed by atoms with E-state index >= 15 is 0 Å². The highest BCUT2D eigenvalue weighted by molar-refractivity contribution is 9.10. The van der Waals surface area contributed by atoms with Crippen LogP contribution in [0.3, 0.4) is 0 Å². The van der Waals surface area contributed by atoms with Crippen LogP contribution in [0.5, 0.6) is 11.5 Å². The third-order valence-corrected chi connectivity index (χ3v) is 2.87. The zero-order valence-corrected chi connectivity index (χ0v) is 11.0. The van der Waals surface area contributed by atoms with E-state index in [0.29, 0.717) is 23.9 Å². The molecule has 82 valence electrons. The van der Waals surface area contributed by atoms with E-state index in [1.807, 2.05) is 18.2 Å². The normalized spacial score (nSPS) is 9.80. The first-order valence-corrected chi connectivity index (χ1v) is 5.84. The van der Waals surface area contributed by atoms with Crippen molar-refractivity contribution in [3.8, 4) is 11.5 Å². The van der Waals surface area contributed by atoms with Gasteiger partial charge < -0.3 is 9.47 Å². The van der Waals surface area contributed by atoms with Crippen LogP contribution < -0.4 is 9.47 Å². The number of methoxy groups -OCH3 is 1. The molecule has 1 aromatic rings. The second kappa shape index (κ2) is 6.08. The fourth-order valence-corrected chi connectivity index (χ4v) is 1.56. The van der Waals surface area contributed by atoms with Gasteiger partial charge in [0.1, 0.15) is 6.61 Å². The zero-order chi connectivity index (χ0) is 11.3. The van der Waals surface area contributed by atoms with Gasteiger partial charge in [0, 0.05) is 5.75 Å². The number of para-hydroxylation sites is 1. The van der Waals surface area contributed by atoms with Gasteiger partial charge in [-0.05, 0) is 33.6 Å². The fourth-order valence-electron chi connectivity index (χ4n) is 1.01. The Hall–Kier alpha value is -0.610. The van der Waals surface area contributed by atoms with E-state index in [0.717, 1.165) is 10.0 Å². The Bertz CT molecular complexity index is 352. The van der Waals surface area contributed by atoms with Crippen LogP contribution in [0.1, 0.15) is 0 Å². The number of halogens is 1. The number of benzene rings is 1. The summed E-state index contributed by atoms with van der Waals surface area (Å²) >= 11 is 7.52. The molecule has 0 amide bonds. The van der Waals surface area contributed by atoms with E-state index < -0.39 is 0 Å². The van der Waals surface area contributed by atoms with E-state index in [2.05, 4.69) is 35.1 Å². The molecule has 0 heterocycles. The molecule has 0 radical (unpaired) electrons. The summed E-state index contributed by atoms with van der Waals surface area (Å²) in [5.41, 5.74) is 0.927. The molecule has 0 bridgehead atoms. The minimum Gasteiger partial charge on any atom is -0.493 e. The minimum absolute atomic E-state index is 0.447. The number of hydrogen-bond acceptors (Lipinski definition) is 3. The molecule has 0 spiro atoms. The summed E-state index contributed by atoms with van der Waals surface area (Å²) in [5.74, 6) is 2.02. The molecule has 4 heteroatoms. The van der Waals surface area contributed by atoms with Crippen molar-refractivity contribution in [1.29, 1.82) is 0 Å². The van der Waals surface area contributed by atoms with Crippen LogP contribution in [0.15, 0.2) is 34.8 Å². The average Bonchev–Trinajstić information content (AvgIpc) is 2.26. The van der Waals surface area contributed by atoms with Crippen LogP contribution in [0.2, 0.25) is 0 Å². The standard InChI is InChI=1S/C11H13BrO2S/c1-8(7-15)6-14-11-9(12)4-3-5-10(11)13-2/h3-5,15H,1,6-7H2,2H3. The van der Waals surface area contributed by atoms with Crippen LogP contribution in [-0.4, -0.2) is 19.5 Å². The summed E-state index contributed by atoms with van der Waals surface area (Å²) in [4.78, 5) is 0. The Morgan fingerprint density at radius 2 is 2.27 bits per heavy atom. The third-order valence-electron chi connectivity index (χ3n) is 1.80. The first-order valence-electron chi connectivity index (χ1n) is 4.42. The average molecular weight is 289 g/mol. The van der Waals surface area contributed by atoms with E-state index in [1.54, 1.807) is 7.11 Å². The molecule has 0 saturated heterocycles. The van der Waals surface area contributed by atoms with Gasteiger partial charge in [-0.1, -0.05) is 12.6 Å². The van der Waals surface area contributed by atoms with Crippen LogP contribution in [0.25, 0.3) is 0 Å². The highest BCUT2D eigenvalue weighted by Gasteiger charge is 2.08. The lowest BCUT2D eigenvalue weighted by Crippen LogP contribution is -2.03. The quantitative estimate of drug-likeness (QED) is 0.662. The molecule has 0 aliphatic carbocycles. The van der Waals surface area contributed by atoms with E-state index in [4.69, 9.17) is 9.47 Å². The number of thiol groups is 1. The van der Waals surface area contributed by atoms with Gasteiger partial charge >= 0.3 is 0 Å².